The van der Waals surface area contributed by atoms with Crippen LogP contribution in [-0.4, -0.2) is 16.7 Å². The van der Waals surface area contributed by atoms with E-state index in [2.05, 4.69) is 52.8 Å². The van der Waals surface area contributed by atoms with E-state index in [-0.39, 0.29) is 6.04 Å². The van der Waals surface area contributed by atoms with Gasteiger partial charge in [0.2, 0.25) is 0 Å². The summed E-state index contributed by atoms with van der Waals surface area (Å²) in [4.78, 5) is 0. The lowest BCUT2D eigenvalue weighted by Crippen LogP contribution is -2.23. The van der Waals surface area contributed by atoms with Gasteiger partial charge in [-0.3, -0.25) is 0 Å². The van der Waals surface area contributed by atoms with Crippen molar-refractivity contribution >= 4 is 11.3 Å². The largest absolute Gasteiger partial charge is 0.304 e. The fourth-order valence-corrected chi connectivity index (χ4v) is 3.26. The number of hydrogen-bond donors (Lipinski definition) is 1. The fourth-order valence-electron chi connectivity index (χ4n) is 2.14. The zero-order chi connectivity index (χ0) is 13.1. The number of nitrogens with zero attached hydrogens (tertiary/aromatic N) is 2. The summed E-state index contributed by atoms with van der Waals surface area (Å²) in [5, 5.41) is 14.7. The van der Waals surface area contributed by atoms with Crippen LogP contribution in [0.5, 0.6) is 0 Å². The molecule has 0 spiro atoms. The van der Waals surface area contributed by atoms with Crippen LogP contribution in [0.25, 0.3) is 0 Å². The quantitative estimate of drug-likeness (QED) is 0.875. The number of benzene rings is 1. The first-order valence-corrected chi connectivity index (χ1v) is 7.81. The fraction of sp³-hybridized carbons (Fsp3) is 0.467. The van der Waals surface area contributed by atoms with Gasteiger partial charge in [0.15, 0.2) is 0 Å². The van der Waals surface area contributed by atoms with E-state index in [1.165, 1.54) is 23.4 Å². The first-order chi connectivity index (χ1) is 9.38. The van der Waals surface area contributed by atoms with Crippen LogP contribution < -0.4 is 5.32 Å². The Balaban J connectivity index is 1.84. The molecule has 0 aliphatic heterocycles. The van der Waals surface area contributed by atoms with Gasteiger partial charge in [0.25, 0.3) is 0 Å². The van der Waals surface area contributed by atoms with Crippen LogP contribution in [-0.2, 0) is 0 Å². The normalized spacial score (nSPS) is 16.5. The van der Waals surface area contributed by atoms with Crippen molar-refractivity contribution in [2.24, 2.45) is 0 Å². The minimum absolute atomic E-state index is 0.186. The van der Waals surface area contributed by atoms with Crippen LogP contribution in [0.2, 0.25) is 0 Å². The highest BCUT2D eigenvalue weighted by Gasteiger charge is 2.29. The van der Waals surface area contributed by atoms with Gasteiger partial charge in [-0.1, -0.05) is 48.6 Å². The van der Waals surface area contributed by atoms with Crippen molar-refractivity contribution in [2.45, 2.75) is 38.1 Å². The Morgan fingerprint density at radius 2 is 2.05 bits per heavy atom. The number of rotatable bonds is 6. The first kappa shape index (κ1) is 12.8. The Bertz CT molecular complexity index is 519. The molecule has 1 unspecified atom stereocenters. The molecule has 100 valence electrons. The molecule has 1 aromatic carbocycles. The first-order valence-electron chi connectivity index (χ1n) is 7.00. The standard InChI is InChI=1S/C15H19N3S/c1-2-10-16-13(11-6-4-3-5-7-11)15-18-17-14(19-15)12-8-9-12/h3-7,12-13,16H,2,8-10H2,1H3. The van der Waals surface area contributed by atoms with Crippen LogP contribution in [0, 0.1) is 0 Å². The van der Waals surface area contributed by atoms with Crippen LogP contribution >= 0.6 is 11.3 Å². The summed E-state index contributed by atoms with van der Waals surface area (Å²) in [6, 6.07) is 10.7. The third-order valence-corrected chi connectivity index (χ3v) is 4.51. The summed E-state index contributed by atoms with van der Waals surface area (Å²) < 4.78 is 0. The molecule has 1 atom stereocenters. The van der Waals surface area contributed by atoms with E-state index < -0.39 is 0 Å². The minimum atomic E-state index is 0.186. The van der Waals surface area contributed by atoms with Gasteiger partial charge in [-0.15, -0.1) is 10.2 Å². The molecule has 1 saturated carbocycles. The number of nitrogens with one attached hydrogen (secondary N) is 1. The van der Waals surface area contributed by atoms with Crippen molar-refractivity contribution in [2.75, 3.05) is 6.54 Å². The second-order valence-electron chi connectivity index (χ2n) is 5.05. The molecule has 19 heavy (non-hydrogen) atoms. The molecule has 0 radical (unpaired) electrons. The van der Waals surface area contributed by atoms with Crippen LogP contribution in [0.3, 0.4) is 0 Å². The highest BCUT2D eigenvalue weighted by atomic mass is 32.1. The van der Waals surface area contributed by atoms with E-state index in [4.69, 9.17) is 0 Å². The van der Waals surface area contributed by atoms with E-state index in [0.29, 0.717) is 5.92 Å². The zero-order valence-corrected chi connectivity index (χ0v) is 12.0. The molecule has 0 bridgehead atoms. The summed E-state index contributed by atoms with van der Waals surface area (Å²) >= 11 is 1.77. The van der Waals surface area contributed by atoms with Crippen molar-refractivity contribution in [1.82, 2.24) is 15.5 Å². The topological polar surface area (TPSA) is 37.8 Å². The Hall–Kier alpha value is -1.26. The molecule has 3 nitrogen and oxygen atoms in total. The average molecular weight is 273 g/mol. The lowest BCUT2D eigenvalue weighted by atomic mass is 10.1. The van der Waals surface area contributed by atoms with Gasteiger partial charge >= 0.3 is 0 Å². The number of hydrogen-bond acceptors (Lipinski definition) is 4. The summed E-state index contributed by atoms with van der Waals surface area (Å²) in [5.74, 6) is 0.689. The molecular formula is C15H19N3S. The Morgan fingerprint density at radius 3 is 2.74 bits per heavy atom. The molecule has 4 heteroatoms. The monoisotopic (exact) mass is 273 g/mol. The van der Waals surface area contributed by atoms with Crippen LogP contribution in [0.1, 0.15) is 53.7 Å². The second-order valence-corrected chi connectivity index (χ2v) is 6.09. The molecular weight excluding hydrogens is 254 g/mol. The SMILES string of the molecule is CCCNC(c1ccccc1)c1nnc(C2CC2)s1. The highest BCUT2D eigenvalue weighted by molar-refractivity contribution is 7.11. The molecule has 1 fully saturated rings. The van der Waals surface area contributed by atoms with E-state index in [1.54, 1.807) is 11.3 Å². The molecule has 1 aliphatic rings. The van der Waals surface area contributed by atoms with E-state index in [1.807, 2.05) is 0 Å². The molecule has 1 aliphatic carbocycles. The summed E-state index contributed by atoms with van der Waals surface area (Å²) in [6.45, 7) is 3.18. The van der Waals surface area contributed by atoms with Gasteiger partial charge in [0, 0.05) is 5.92 Å². The zero-order valence-electron chi connectivity index (χ0n) is 11.2. The van der Waals surface area contributed by atoms with Gasteiger partial charge in [0.1, 0.15) is 10.0 Å². The Morgan fingerprint density at radius 1 is 1.26 bits per heavy atom. The van der Waals surface area contributed by atoms with Gasteiger partial charge in [-0.05, 0) is 31.4 Å². The predicted molar refractivity (Wildman–Crippen MR) is 78.5 cm³/mol. The molecule has 0 amide bonds. The van der Waals surface area contributed by atoms with Crippen molar-refractivity contribution in [1.29, 1.82) is 0 Å². The van der Waals surface area contributed by atoms with Crippen molar-refractivity contribution in [3.8, 4) is 0 Å². The van der Waals surface area contributed by atoms with E-state index >= 15 is 0 Å². The molecule has 2 aromatic rings. The van der Waals surface area contributed by atoms with E-state index in [0.717, 1.165) is 18.0 Å². The van der Waals surface area contributed by atoms with Crippen LogP contribution in [0.15, 0.2) is 30.3 Å². The molecule has 1 N–H and O–H groups in total. The van der Waals surface area contributed by atoms with Crippen molar-refractivity contribution in [3.05, 3.63) is 45.9 Å². The second kappa shape index (κ2) is 5.80. The lowest BCUT2D eigenvalue weighted by Gasteiger charge is -2.15. The molecule has 1 aromatic heterocycles. The smallest absolute Gasteiger partial charge is 0.139 e. The van der Waals surface area contributed by atoms with Gasteiger partial charge < -0.3 is 5.32 Å². The minimum Gasteiger partial charge on any atom is -0.304 e. The maximum absolute atomic E-state index is 4.41. The maximum atomic E-state index is 4.41. The third-order valence-electron chi connectivity index (χ3n) is 3.36. The van der Waals surface area contributed by atoms with Crippen molar-refractivity contribution in [3.63, 3.8) is 0 Å². The summed E-state index contributed by atoms with van der Waals surface area (Å²) in [6.07, 6.45) is 3.69. The third kappa shape index (κ3) is 3.01. The lowest BCUT2D eigenvalue weighted by molar-refractivity contribution is 0.591. The Kier molecular flexibility index (Phi) is 3.89. The van der Waals surface area contributed by atoms with Gasteiger partial charge in [-0.2, -0.15) is 0 Å². The molecule has 1 heterocycles. The molecule has 3 rings (SSSR count). The molecule has 0 saturated heterocycles. The Labute approximate surface area is 118 Å². The summed E-state index contributed by atoms with van der Waals surface area (Å²) in [7, 11) is 0. The number of aromatic nitrogens is 2. The predicted octanol–water partition coefficient (Wildman–Crippen LogP) is 3.50. The maximum Gasteiger partial charge on any atom is 0.139 e. The van der Waals surface area contributed by atoms with Crippen molar-refractivity contribution < 1.29 is 0 Å². The highest BCUT2D eigenvalue weighted by Crippen LogP contribution is 2.42. The van der Waals surface area contributed by atoms with E-state index in [9.17, 15) is 0 Å². The summed E-state index contributed by atoms with van der Waals surface area (Å²) in [5.41, 5.74) is 1.27. The van der Waals surface area contributed by atoms with Gasteiger partial charge in [-0.25, -0.2) is 0 Å². The van der Waals surface area contributed by atoms with Crippen LogP contribution in [0.4, 0.5) is 0 Å². The van der Waals surface area contributed by atoms with Gasteiger partial charge in [0.05, 0.1) is 6.04 Å². The average Bonchev–Trinajstić information content (AvgIpc) is 3.20.